The van der Waals surface area contributed by atoms with Crippen LogP contribution in [0.2, 0.25) is 0 Å². The molecule has 2 atom stereocenters. The summed E-state index contributed by atoms with van der Waals surface area (Å²) < 4.78 is 0. The van der Waals surface area contributed by atoms with E-state index in [1.807, 2.05) is 35.7 Å². The fraction of sp³-hybridized carbons (Fsp3) is 0.400. The van der Waals surface area contributed by atoms with Gasteiger partial charge in [0, 0.05) is 18.3 Å². The molecule has 0 radical (unpaired) electrons. The van der Waals surface area contributed by atoms with Gasteiger partial charge in [0.05, 0.1) is 17.6 Å². The molecule has 0 spiro atoms. The highest BCUT2D eigenvalue weighted by molar-refractivity contribution is 7.80. The number of hydrogen-bond acceptors (Lipinski definition) is 5. The van der Waals surface area contributed by atoms with Crippen LogP contribution in [0.1, 0.15) is 45.2 Å². The highest BCUT2D eigenvalue weighted by atomic mass is 32.1. The highest BCUT2D eigenvalue weighted by Gasteiger charge is 2.21. The first kappa shape index (κ1) is 20.4. The van der Waals surface area contributed by atoms with Gasteiger partial charge in [0.1, 0.15) is 0 Å². The quantitative estimate of drug-likeness (QED) is 0.435. The summed E-state index contributed by atoms with van der Waals surface area (Å²) in [7, 11) is 0. The van der Waals surface area contributed by atoms with E-state index in [1.165, 1.54) is 37.5 Å². The van der Waals surface area contributed by atoms with Crippen LogP contribution < -0.4 is 15.6 Å². The Morgan fingerprint density at radius 1 is 1.32 bits per heavy atom. The molecule has 2 N–H and O–H groups in total. The molecular formula is C20H25N5OS2. The predicted molar refractivity (Wildman–Crippen MR) is 119 cm³/mol. The number of carbonyl (C=O) groups excluding carboxylic acids is 1. The topological polar surface area (TPSA) is 69.6 Å². The molecule has 6 nitrogen and oxygen atoms in total. The molecule has 28 heavy (non-hydrogen) atoms. The summed E-state index contributed by atoms with van der Waals surface area (Å²) in [6, 6.07) is 9.88. The van der Waals surface area contributed by atoms with Crippen LogP contribution in [-0.2, 0) is 4.79 Å². The van der Waals surface area contributed by atoms with Crippen molar-refractivity contribution in [1.82, 2.24) is 15.7 Å². The van der Waals surface area contributed by atoms with Crippen molar-refractivity contribution in [2.75, 3.05) is 4.90 Å². The first-order chi connectivity index (χ1) is 13.5. The number of para-hydroxylation sites is 1. The molecule has 1 fully saturated rings. The van der Waals surface area contributed by atoms with Gasteiger partial charge in [-0.3, -0.25) is 15.1 Å². The SMILES string of the molecule is CC(=O)N(c1ccccc1)c1nc(/C=N\NC(=S)N[C@@H]2CCCC[C@@H]2C)cs1. The number of thiocarbonyl (C=S) groups is 1. The molecule has 1 amide bonds. The molecule has 0 saturated heterocycles. The lowest BCUT2D eigenvalue weighted by atomic mass is 9.86. The molecular weight excluding hydrogens is 390 g/mol. The molecule has 0 unspecified atom stereocenters. The molecule has 1 aliphatic carbocycles. The van der Waals surface area contributed by atoms with Crippen LogP contribution >= 0.6 is 23.6 Å². The number of aromatic nitrogens is 1. The molecule has 148 valence electrons. The van der Waals surface area contributed by atoms with Gasteiger partial charge in [0.25, 0.3) is 0 Å². The minimum atomic E-state index is -0.0888. The van der Waals surface area contributed by atoms with Gasteiger partial charge < -0.3 is 5.32 Å². The van der Waals surface area contributed by atoms with Gasteiger partial charge in [-0.1, -0.05) is 38.0 Å². The van der Waals surface area contributed by atoms with Crippen LogP contribution in [-0.4, -0.2) is 28.3 Å². The summed E-state index contributed by atoms with van der Waals surface area (Å²) in [6.07, 6.45) is 6.52. The first-order valence-electron chi connectivity index (χ1n) is 9.45. The fourth-order valence-electron chi connectivity index (χ4n) is 3.33. The molecule has 2 aromatic rings. The van der Waals surface area contributed by atoms with Crippen molar-refractivity contribution in [2.45, 2.75) is 45.6 Å². The van der Waals surface area contributed by atoms with Gasteiger partial charge in [0.2, 0.25) is 5.91 Å². The number of carbonyl (C=O) groups is 1. The first-order valence-corrected chi connectivity index (χ1v) is 10.7. The molecule has 3 rings (SSSR count). The molecule has 0 aliphatic heterocycles. The van der Waals surface area contributed by atoms with Crippen molar-refractivity contribution >= 4 is 51.6 Å². The summed E-state index contributed by atoms with van der Waals surface area (Å²) >= 11 is 6.74. The zero-order valence-corrected chi connectivity index (χ0v) is 17.7. The monoisotopic (exact) mass is 415 g/mol. The summed E-state index contributed by atoms with van der Waals surface area (Å²) in [5.41, 5.74) is 4.33. The lowest BCUT2D eigenvalue weighted by Crippen LogP contribution is -2.44. The van der Waals surface area contributed by atoms with E-state index in [-0.39, 0.29) is 5.91 Å². The Labute approximate surface area is 175 Å². The van der Waals surface area contributed by atoms with Gasteiger partial charge in [0.15, 0.2) is 10.2 Å². The maximum atomic E-state index is 12.1. The Hall–Kier alpha value is -2.32. The van der Waals surface area contributed by atoms with Gasteiger partial charge in [-0.05, 0) is 43.1 Å². The molecule has 1 aromatic carbocycles. The Bertz CT molecular complexity index is 836. The van der Waals surface area contributed by atoms with Crippen LogP contribution in [0.25, 0.3) is 0 Å². The summed E-state index contributed by atoms with van der Waals surface area (Å²) in [4.78, 5) is 18.2. The summed E-state index contributed by atoms with van der Waals surface area (Å²) in [6.45, 7) is 3.78. The van der Waals surface area contributed by atoms with E-state index >= 15 is 0 Å². The number of hydrazone groups is 1. The lowest BCUT2D eigenvalue weighted by molar-refractivity contribution is -0.115. The normalized spacial score (nSPS) is 19.4. The molecule has 1 aromatic heterocycles. The van der Waals surface area contributed by atoms with E-state index in [0.717, 1.165) is 12.1 Å². The second-order valence-corrected chi connectivity index (χ2v) is 8.20. The van der Waals surface area contributed by atoms with Gasteiger partial charge >= 0.3 is 0 Å². The maximum Gasteiger partial charge on any atom is 0.230 e. The number of nitrogens with one attached hydrogen (secondary N) is 2. The molecule has 8 heteroatoms. The van der Waals surface area contributed by atoms with Crippen LogP contribution in [0.3, 0.4) is 0 Å². The van der Waals surface area contributed by atoms with Crippen molar-refractivity contribution in [3.05, 3.63) is 41.4 Å². The number of rotatable bonds is 5. The second kappa shape index (κ2) is 9.75. The predicted octanol–water partition coefficient (Wildman–Crippen LogP) is 4.20. The van der Waals surface area contributed by atoms with Crippen LogP contribution in [0, 0.1) is 5.92 Å². The largest absolute Gasteiger partial charge is 0.358 e. The van der Waals surface area contributed by atoms with Crippen molar-refractivity contribution in [3.8, 4) is 0 Å². The van der Waals surface area contributed by atoms with Crippen molar-refractivity contribution in [2.24, 2.45) is 11.0 Å². The average molecular weight is 416 g/mol. The number of amides is 1. The van der Waals surface area contributed by atoms with Gasteiger partial charge in [-0.2, -0.15) is 5.10 Å². The third-order valence-electron chi connectivity index (χ3n) is 4.82. The standard InChI is InChI=1S/C20H25N5OS2/c1-14-8-6-7-11-18(14)23-19(27)24-21-12-16-13-28-20(22-16)25(15(2)26)17-9-4-3-5-10-17/h3-5,9-10,12-14,18H,6-8,11H2,1-2H3,(H2,23,24,27)/b21-12-/t14-,18+/m0/s1. The van der Waals surface area contributed by atoms with Crippen molar-refractivity contribution in [1.29, 1.82) is 0 Å². The third-order valence-corrected chi connectivity index (χ3v) is 5.87. The maximum absolute atomic E-state index is 12.1. The number of thiazole rings is 1. The highest BCUT2D eigenvalue weighted by Crippen LogP contribution is 2.28. The third kappa shape index (κ3) is 5.36. The Balaban J connectivity index is 1.59. The van der Waals surface area contributed by atoms with Gasteiger partial charge in [-0.25, -0.2) is 4.98 Å². The number of anilines is 2. The molecule has 1 aliphatic rings. The lowest BCUT2D eigenvalue weighted by Gasteiger charge is -2.30. The minimum absolute atomic E-state index is 0.0888. The number of benzene rings is 1. The van der Waals surface area contributed by atoms with Crippen LogP contribution in [0.4, 0.5) is 10.8 Å². The van der Waals surface area contributed by atoms with E-state index in [4.69, 9.17) is 12.2 Å². The van der Waals surface area contributed by atoms with E-state index in [1.54, 1.807) is 11.1 Å². The Morgan fingerprint density at radius 3 is 2.79 bits per heavy atom. The van der Waals surface area contributed by atoms with E-state index in [0.29, 0.717) is 27.9 Å². The van der Waals surface area contributed by atoms with Crippen LogP contribution in [0.5, 0.6) is 0 Å². The van der Waals surface area contributed by atoms with E-state index in [9.17, 15) is 4.79 Å². The summed E-state index contributed by atoms with van der Waals surface area (Å²) in [5, 5.41) is 10.5. The molecule has 1 saturated carbocycles. The number of nitrogens with zero attached hydrogens (tertiary/aromatic N) is 3. The Morgan fingerprint density at radius 2 is 2.07 bits per heavy atom. The van der Waals surface area contributed by atoms with Crippen LogP contribution in [0.15, 0.2) is 40.8 Å². The zero-order chi connectivity index (χ0) is 19.9. The van der Waals surface area contributed by atoms with E-state index < -0.39 is 0 Å². The fourth-order valence-corrected chi connectivity index (χ4v) is 4.37. The number of hydrogen-bond donors (Lipinski definition) is 2. The minimum Gasteiger partial charge on any atom is -0.358 e. The molecule has 1 heterocycles. The van der Waals surface area contributed by atoms with Crippen molar-refractivity contribution in [3.63, 3.8) is 0 Å². The zero-order valence-electron chi connectivity index (χ0n) is 16.1. The van der Waals surface area contributed by atoms with E-state index in [2.05, 4.69) is 27.8 Å². The van der Waals surface area contributed by atoms with Crippen molar-refractivity contribution < 1.29 is 4.79 Å². The smallest absolute Gasteiger partial charge is 0.230 e. The van der Waals surface area contributed by atoms with Gasteiger partial charge in [-0.15, -0.1) is 11.3 Å². The Kier molecular flexibility index (Phi) is 7.11. The average Bonchev–Trinajstić information content (AvgIpc) is 3.12. The molecule has 0 bridgehead atoms. The summed E-state index contributed by atoms with van der Waals surface area (Å²) in [5.74, 6) is 0.531. The second-order valence-electron chi connectivity index (χ2n) is 6.96.